The third-order valence-corrected chi connectivity index (χ3v) is 2.56. The van der Waals surface area contributed by atoms with E-state index in [1.807, 2.05) is 0 Å². The smallest absolute Gasteiger partial charge is 0.408 e. The number of alkyl carbamates (subject to hydrolysis) is 1. The van der Waals surface area contributed by atoms with Gasteiger partial charge in [0, 0.05) is 6.54 Å². The lowest BCUT2D eigenvalue weighted by molar-refractivity contribution is -0.133. The Hall–Kier alpha value is -1.59. The molecule has 18 heavy (non-hydrogen) atoms. The standard InChI is InChI=1S/C12H20N2O4/c1-12(2,3)18-11(17)13-7-10(16)14-6-4-5-9(14)8-15/h8-9H,4-7H2,1-3H3,(H,13,17)/t9-/m1/s1. The van der Waals surface area contributed by atoms with Gasteiger partial charge in [0.05, 0.1) is 6.04 Å². The predicted octanol–water partition coefficient (Wildman–Crippen LogP) is 0.701. The van der Waals surface area contributed by atoms with Crippen LogP contribution in [0.25, 0.3) is 0 Å². The zero-order valence-electron chi connectivity index (χ0n) is 11.1. The van der Waals surface area contributed by atoms with E-state index in [4.69, 9.17) is 4.74 Å². The van der Waals surface area contributed by atoms with Crippen LogP contribution >= 0.6 is 0 Å². The van der Waals surface area contributed by atoms with Crippen LogP contribution in [0.15, 0.2) is 0 Å². The minimum absolute atomic E-state index is 0.140. The second-order valence-electron chi connectivity index (χ2n) is 5.29. The summed E-state index contributed by atoms with van der Waals surface area (Å²) in [6, 6.07) is -0.349. The molecule has 1 heterocycles. The van der Waals surface area contributed by atoms with Crippen LogP contribution in [0.2, 0.25) is 0 Å². The normalized spacial score (nSPS) is 19.5. The average Bonchev–Trinajstić information content (AvgIpc) is 2.71. The van der Waals surface area contributed by atoms with Crippen LogP contribution in [-0.4, -0.2) is 47.9 Å². The van der Waals surface area contributed by atoms with E-state index in [0.29, 0.717) is 13.0 Å². The number of hydrogen-bond donors (Lipinski definition) is 1. The van der Waals surface area contributed by atoms with Gasteiger partial charge >= 0.3 is 6.09 Å². The molecular formula is C12H20N2O4. The first-order valence-corrected chi connectivity index (χ1v) is 6.05. The summed E-state index contributed by atoms with van der Waals surface area (Å²) in [4.78, 5) is 35.4. The molecule has 0 aromatic rings. The molecule has 1 aliphatic heterocycles. The van der Waals surface area contributed by atoms with E-state index in [9.17, 15) is 14.4 Å². The number of nitrogens with one attached hydrogen (secondary N) is 1. The van der Waals surface area contributed by atoms with Crippen molar-refractivity contribution in [2.45, 2.75) is 45.3 Å². The van der Waals surface area contributed by atoms with Gasteiger partial charge in [0.15, 0.2) is 0 Å². The molecule has 1 aliphatic rings. The van der Waals surface area contributed by atoms with E-state index >= 15 is 0 Å². The van der Waals surface area contributed by atoms with Crippen molar-refractivity contribution >= 4 is 18.3 Å². The molecule has 0 aromatic carbocycles. The van der Waals surface area contributed by atoms with E-state index in [0.717, 1.165) is 12.7 Å². The molecular weight excluding hydrogens is 236 g/mol. The molecule has 0 bridgehead atoms. The van der Waals surface area contributed by atoms with Gasteiger partial charge in [0.25, 0.3) is 0 Å². The van der Waals surface area contributed by atoms with E-state index in [1.165, 1.54) is 4.90 Å². The number of carbonyl (C=O) groups is 3. The van der Waals surface area contributed by atoms with Crippen LogP contribution in [-0.2, 0) is 14.3 Å². The fourth-order valence-corrected chi connectivity index (χ4v) is 1.81. The summed E-state index contributed by atoms with van der Waals surface area (Å²) < 4.78 is 5.01. The van der Waals surface area contributed by atoms with Crippen molar-refractivity contribution in [1.29, 1.82) is 0 Å². The SMILES string of the molecule is CC(C)(C)OC(=O)NCC(=O)N1CCC[C@@H]1C=O. The van der Waals surface area contributed by atoms with Gasteiger partial charge in [-0.25, -0.2) is 4.79 Å². The van der Waals surface area contributed by atoms with Crippen LogP contribution in [0, 0.1) is 0 Å². The number of rotatable bonds is 3. The van der Waals surface area contributed by atoms with Crippen LogP contribution < -0.4 is 5.32 Å². The molecule has 1 saturated heterocycles. The van der Waals surface area contributed by atoms with Gasteiger partial charge in [-0.1, -0.05) is 0 Å². The molecule has 0 aliphatic carbocycles. The maximum Gasteiger partial charge on any atom is 0.408 e. The Labute approximate surface area is 107 Å². The number of aldehydes is 1. The summed E-state index contributed by atoms with van der Waals surface area (Å²) in [6.07, 6.45) is 1.67. The molecule has 0 saturated carbocycles. The van der Waals surface area contributed by atoms with Gasteiger partial charge in [-0.3, -0.25) is 4.79 Å². The van der Waals surface area contributed by atoms with Gasteiger partial charge in [0.1, 0.15) is 18.4 Å². The summed E-state index contributed by atoms with van der Waals surface area (Å²) in [5.74, 6) is -0.254. The minimum Gasteiger partial charge on any atom is -0.444 e. The summed E-state index contributed by atoms with van der Waals surface area (Å²) in [6.45, 7) is 5.67. The minimum atomic E-state index is -0.627. The Morgan fingerprint density at radius 2 is 2.11 bits per heavy atom. The molecule has 0 radical (unpaired) electrons. The molecule has 0 spiro atoms. The molecule has 1 atom stereocenters. The van der Waals surface area contributed by atoms with Crippen molar-refractivity contribution in [1.82, 2.24) is 10.2 Å². The molecule has 0 aromatic heterocycles. The fraction of sp³-hybridized carbons (Fsp3) is 0.750. The van der Waals surface area contributed by atoms with Crippen LogP contribution in [0.1, 0.15) is 33.6 Å². The van der Waals surface area contributed by atoms with E-state index < -0.39 is 11.7 Å². The van der Waals surface area contributed by atoms with Gasteiger partial charge < -0.3 is 19.7 Å². The molecule has 2 amide bonds. The third kappa shape index (κ3) is 4.35. The number of hydrogen-bond acceptors (Lipinski definition) is 4. The van der Waals surface area contributed by atoms with E-state index in [2.05, 4.69) is 5.32 Å². The maximum atomic E-state index is 11.8. The summed E-state index contributed by atoms with van der Waals surface area (Å²) in [5.41, 5.74) is -0.591. The Balaban J connectivity index is 2.37. The second kappa shape index (κ2) is 5.84. The molecule has 1 fully saturated rings. The molecule has 6 heteroatoms. The number of amides is 2. The van der Waals surface area contributed by atoms with Gasteiger partial charge in [0.2, 0.25) is 5.91 Å². The lowest BCUT2D eigenvalue weighted by atomic mass is 10.2. The van der Waals surface area contributed by atoms with Crippen molar-refractivity contribution in [3.05, 3.63) is 0 Å². The Kier molecular flexibility index (Phi) is 4.69. The first-order valence-electron chi connectivity index (χ1n) is 6.05. The average molecular weight is 256 g/mol. The number of carbonyl (C=O) groups excluding carboxylic acids is 3. The monoisotopic (exact) mass is 256 g/mol. The molecule has 6 nitrogen and oxygen atoms in total. The predicted molar refractivity (Wildman–Crippen MR) is 65.0 cm³/mol. The highest BCUT2D eigenvalue weighted by molar-refractivity contribution is 5.84. The van der Waals surface area contributed by atoms with Crippen molar-refractivity contribution in [3.63, 3.8) is 0 Å². The fourth-order valence-electron chi connectivity index (χ4n) is 1.81. The summed E-state index contributed by atoms with van der Waals surface area (Å²) in [5, 5.41) is 2.39. The molecule has 1 rings (SSSR count). The highest BCUT2D eigenvalue weighted by atomic mass is 16.6. The summed E-state index contributed by atoms with van der Waals surface area (Å²) >= 11 is 0. The Morgan fingerprint density at radius 1 is 1.44 bits per heavy atom. The number of ether oxygens (including phenoxy) is 1. The number of nitrogens with zero attached hydrogens (tertiary/aromatic N) is 1. The van der Waals surface area contributed by atoms with Gasteiger partial charge in [-0.05, 0) is 33.6 Å². The van der Waals surface area contributed by atoms with Crippen molar-refractivity contribution in [3.8, 4) is 0 Å². The van der Waals surface area contributed by atoms with E-state index in [1.54, 1.807) is 20.8 Å². The maximum absolute atomic E-state index is 11.8. The zero-order chi connectivity index (χ0) is 13.8. The highest BCUT2D eigenvalue weighted by Crippen LogP contribution is 2.15. The largest absolute Gasteiger partial charge is 0.444 e. The van der Waals surface area contributed by atoms with Gasteiger partial charge in [-0.15, -0.1) is 0 Å². The molecule has 1 N–H and O–H groups in total. The van der Waals surface area contributed by atoms with Crippen molar-refractivity contribution in [2.75, 3.05) is 13.1 Å². The quantitative estimate of drug-likeness (QED) is 0.754. The summed E-state index contributed by atoms with van der Waals surface area (Å²) in [7, 11) is 0. The number of likely N-dealkylation sites (tertiary alicyclic amines) is 1. The zero-order valence-corrected chi connectivity index (χ0v) is 11.1. The van der Waals surface area contributed by atoms with E-state index in [-0.39, 0.29) is 18.5 Å². The third-order valence-electron chi connectivity index (χ3n) is 2.56. The topological polar surface area (TPSA) is 75.7 Å². The Bertz CT molecular complexity index is 335. The Morgan fingerprint density at radius 3 is 2.67 bits per heavy atom. The van der Waals surface area contributed by atoms with Crippen LogP contribution in [0.3, 0.4) is 0 Å². The second-order valence-corrected chi connectivity index (χ2v) is 5.29. The lowest BCUT2D eigenvalue weighted by Crippen LogP contribution is -2.44. The van der Waals surface area contributed by atoms with Crippen LogP contribution in [0.5, 0.6) is 0 Å². The first kappa shape index (κ1) is 14.5. The lowest BCUT2D eigenvalue weighted by Gasteiger charge is -2.22. The first-order chi connectivity index (χ1) is 8.33. The van der Waals surface area contributed by atoms with Crippen LogP contribution in [0.4, 0.5) is 4.79 Å². The molecule has 102 valence electrons. The van der Waals surface area contributed by atoms with Gasteiger partial charge in [-0.2, -0.15) is 0 Å². The van der Waals surface area contributed by atoms with Crippen molar-refractivity contribution in [2.24, 2.45) is 0 Å². The molecule has 0 unspecified atom stereocenters. The van der Waals surface area contributed by atoms with Crippen molar-refractivity contribution < 1.29 is 19.1 Å². The highest BCUT2D eigenvalue weighted by Gasteiger charge is 2.28.